The molecule has 6 heteroatoms. The Kier molecular flexibility index (Phi) is 3.25. The number of nitrogens with one attached hydrogen (secondary N) is 2. The van der Waals surface area contributed by atoms with E-state index in [0.717, 1.165) is 0 Å². The summed E-state index contributed by atoms with van der Waals surface area (Å²) >= 11 is 0. The van der Waals surface area contributed by atoms with E-state index in [0.29, 0.717) is 24.5 Å². The Hall–Kier alpha value is -1.27. The summed E-state index contributed by atoms with van der Waals surface area (Å²) in [5.74, 6) is 0.682. The van der Waals surface area contributed by atoms with Crippen molar-refractivity contribution in [3.8, 4) is 5.75 Å². The van der Waals surface area contributed by atoms with Crippen molar-refractivity contribution in [1.82, 2.24) is 4.72 Å². The average Bonchev–Trinajstić information content (AvgIpc) is 2.27. The minimum Gasteiger partial charge on any atom is -0.484 e. The first-order valence-electron chi connectivity index (χ1n) is 5.91. The van der Waals surface area contributed by atoms with Gasteiger partial charge in [0.1, 0.15) is 11.4 Å². The molecule has 1 aliphatic heterocycles. The van der Waals surface area contributed by atoms with Crippen LogP contribution in [0.5, 0.6) is 5.75 Å². The zero-order valence-corrected chi connectivity index (χ0v) is 11.6. The van der Waals surface area contributed by atoms with E-state index in [1.165, 1.54) is 0 Å². The van der Waals surface area contributed by atoms with Crippen LogP contribution in [0.2, 0.25) is 0 Å². The molecule has 0 atom stereocenters. The van der Waals surface area contributed by atoms with E-state index in [-0.39, 0.29) is 10.5 Å². The molecule has 0 unspecified atom stereocenters. The van der Waals surface area contributed by atoms with Crippen LogP contribution in [-0.2, 0) is 10.0 Å². The first kappa shape index (κ1) is 13.2. The highest BCUT2D eigenvalue weighted by molar-refractivity contribution is 7.89. The second kappa shape index (κ2) is 4.44. The maximum Gasteiger partial charge on any atom is 0.240 e. The fourth-order valence-corrected chi connectivity index (χ4v) is 2.89. The molecule has 0 aliphatic carbocycles. The highest BCUT2D eigenvalue weighted by Crippen LogP contribution is 2.34. The third-order valence-electron chi connectivity index (χ3n) is 2.69. The van der Waals surface area contributed by atoms with E-state index in [1.54, 1.807) is 25.1 Å². The number of anilines is 1. The summed E-state index contributed by atoms with van der Waals surface area (Å²) in [6.07, 6.45) is 0. The molecule has 0 saturated carbocycles. The number of ether oxygens (including phenoxy) is 1. The van der Waals surface area contributed by atoms with Gasteiger partial charge in [0.2, 0.25) is 10.0 Å². The summed E-state index contributed by atoms with van der Waals surface area (Å²) in [5.41, 5.74) is 0.433. The third-order valence-corrected chi connectivity index (χ3v) is 4.23. The second-order valence-corrected chi connectivity index (χ2v) is 6.64. The topological polar surface area (TPSA) is 67.4 Å². The van der Waals surface area contributed by atoms with Crippen LogP contribution in [0.1, 0.15) is 20.8 Å². The molecular formula is C12H18N2O3S. The smallest absolute Gasteiger partial charge is 0.240 e. The van der Waals surface area contributed by atoms with Crippen molar-refractivity contribution in [2.75, 3.05) is 18.4 Å². The van der Waals surface area contributed by atoms with Crippen LogP contribution in [0.15, 0.2) is 23.1 Å². The lowest BCUT2D eigenvalue weighted by Gasteiger charge is -2.33. The Morgan fingerprint density at radius 3 is 2.83 bits per heavy atom. The van der Waals surface area contributed by atoms with Gasteiger partial charge >= 0.3 is 0 Å². The van der Waals surface area contributed by atoms with Gasteiger partial charge in [-0.3, -0.25) is 0 Å². The van der Waals surface area contributed by atoms with Gasteiger partial charge in [-0.1, -0.05) is 6.92 Å². The molecule has 0 bridgehead atoms. The molecule has 1 aromatic carbocycles. The van der Waals surface area contributed by atoms with Crippen LogP contribution in [0.4, 0.5) is 5.69 Å². The third kappa shape index (κ3) is 2.59. The van der Waals surface area contributed by atoms with Crippen LogP contribution in [0.3, 0.4) is 0 Å². The van der Waals surface area contributed by atoms with E-state index in [9.17, 15) is 8.42 Å². The highest BCUT2D eigenvalue weighted by atomic mass is 32.2. The van der Waals surface area contributed by atoms with Crippen molar-refractivity contribution in [3.63, 3.8) is 0 Å². The molecule has 100 valence electrons. The molecule has 1 aromatic rings. The van der Waals surface area contributed by atoms with Gasteiger partial charge in [0.15, 0.2) is 0 Å². The van der Waals surface area contributed by atoms with Crippen LogP contribution >= 0.6 is 0 Å². The van der Waals surface area contributed by atoms with Gasteiger partial charge in [-0.05, 0) is 32.0 Å². The van der Waals surface area contributed by atoms with Gasteiger partial charge in [0.25, 0.3) is 0 Å². The number of benzene rings is 1. The first-order chi connectivity index (χ1) is 8.34. The lowest BCUT2D eigenvalue weighted by Crippen LogP contribution is -2.40. The lowest BCUT2D eigenvalue weighted by molar-refractivity contribution is 0.116. The summed E-state index contributed by atoms with van der Waals surface area (Å²) in [5, 5.41) is 3.19. The Morgan fingerprint density at radius 2 is 2.17 bits per heavy atom. The molecule has 1 heterocycles. The molecule has 18 heavy (non-hydrogen) atoms. The first-order valence-corrected chi connectivity index (χ1v) is 7.39. The molecule has 0 spiro atoms. The molecule has 5 nitrogen and oxygen atoms in total. The normalized spacial score (nSPS) is 17.5. The number of sulfonamides is 1. The Balaban J connectivity index is 2.35. The predicted octanol–water partition coefficient (Wildman–Crippen LogP) is 1.57. The van der Waals surface area contributed by atoms with Gasteiger partial charge in [-0.2, -0.15) is 0 Å². The zero-order valence-electron chi connectivity index (χ0n) is 10.8. The van der Waals surface area contributed by atoms with Crippen molar-refractivity contribution >= 4 is 15.7 Å². The summed E-state index contributed by atoms with van der Waals surface area (Å²) in [6.45, 7) is 6.72. The summed E-state index contributed by atoms with van der Waals surface area (Å²) in [4.78, 5) is 0.249. The molecule has 2 rings (SSSR count). The fraction of sp³-hybridized carbons (Fsp3) is 0.500. The number of hydrogen-bond donors (Lipinski definition) is 2. The largest absolute Gasteiger partial charge is 0.484 e. The summed E-state index contributed by atoms with van der Waals surface area (Å²) < 4.78 is 32.0. The van der Waals surface area contributed by atoms with E-state index in [4.69, 9.17) is 4.74 Å². The molecule has 1 aliphatic rings. The van der Waals surface area contributed by atoms with Crippen molar-refractivity contribution in [3.05, 3.63) is 18.2 Å². The fourth-order valence-electron chi connectivity index (χ4n) is 1.82. The Labute approximate surface area is 108 Å². The van der Waals surface area contributed by atoms with Crippen LogP contribution in [-0.4, -0.2) is 27.1 Å². The summed E-state index contributed by atoms with van der Waals surface area (Å²) in [7, 11) is -3.42. The Morgan fingerprint density at radius 1 is 1.44 bits per heavy atom. The van der Waals surface area contributed by atoms with E-state index in [2.05, 4.69) is 10.0 Å². The minimum absolute atomic E-state index is 0.249. The maximum atomic E-state index is 11.9. The SMILES string of the molecule is CCNS(=O)(=O)c1ccc2c(c1)NCC(C)(C)O2. The van der Waals surface area contributed by atoms with Crippen LogP contribution in [0, 0.1) is 0 Å². The molecule has 0 aromatic heterocycles. The van der Waals surface area contributed by atoms with Gasteiger partial charge in [-0.25, -0.2) is 13.1 Å². The van der Waals surface area contributed by atoms with E-state index in [1.807, 2.05) is 13.8 Å². The monoisotopic (exact) mass is 270 g/mol. The van der Waals surface area contributed by atoms with E-state index < -0.39 is 10.0 Å². The standard InChI is InChI=1S/C12H18N2O3S/c1-4-14-18(15,16)9-5-6-11-10(7-9)13-8-12(2,3)17-11/h5-7,13-14H,4,8H2,1-3H3. The number of fused-ring (bicyclic) bond motifs is 1. The Bertz CT molecular complexity index is 552. The predicted molar refractivity (Wildman–Crippen MR) is 70.5 cm³/mol. The van der Waals surface area contributed by atoms with E-state index >= 15 is 0 Å². The van der Waals surface area contributed by atoms with Crippen molar-refractivity contribution in [2.24, 2.45) is 0 Å². The molecule has 0 radical (unpaired) electrons. The van der Waals surface area contributed by atoms with Crippen molar-refractivity contribution in [1.29, 1.82) is 0 Å². The molecular weight excluding hydrogens is 252 g/mol. The van der Waals surface area contributed by atoms with Crippen LogP contribution in [0.25, 0.3) is 0 Å². The number of rotatable bonds is 3. The van der Waals surface area contributed by atoms with Gasteiger partial charge < -0.3 is 10.1 Å². The quantitative estimate of drug-likeness (QED) is 0.875. The summed E-state index contributed by atoms with van der Waals surface area (Å²) in [6, 6.07) is 4.84. The number of hydrogen-bond acceptors (Lipinski definition) is 4. The van der Waals surface area contributed by atoms with Gasteiger partial charge in [0.05, 0.1) is 17.1 Å². The lowest BCUT2D eigenvalue weighted by atomic mass is 10.1. The van der Waals surface area contributed by atoms with Crippen LogP contribution < -0.4 is 14.8 Å². The molecule has 0 amide bonds. The minimum atomic E-state index is -3.42. The molecule has 0 saturated heterocycles. The van der Waals surface area contributed by atoms with Crippen molar-refractivity contribution < 1.29 is 13.2 Å². The van der Waals surface area contributed by atoms with Crippen molar-refractivity contribution in [2.45, 2.75) is 31.3 Å². The van der Waals surface area contributed by atoms with Gasteiger partial charge in [0, 0.05) is 6.54 Å². The maximum absolute atomic E-state index is 11.9. The van der Waals surface area contributed by atoms with Gasteiger partial charge in [-0.15, -0.1) is 0 Å². The highest BCUT2D eigenvalue weighted by Gasteiger charge is 2.27. The molecule has 2 N–H and O–H groups in total. The molecule has 0 fully saturated rings. The second-order valence-electron chi connectivity index (χ2n) is 4.87. The average molecular weight is 270 g/mol. The zero-order chi connectivity index (χ0) is 13.4.